The average Bonchev–Trinajstić information content (AvgIpc) is 3.17. The van der Waals surface area contributed by atoms with Gasteiger partial charge in [-0.3, -0.25) is 4.79 Å². The largest absolute Gasteiger partial charge is 0.306 e. The molecule has 0 spiro atoms. The van der Waals surface area contributed by atoms with Gasteiger partial charge in [-0.1, -0.05) is 6.07 Å². The fourth-order valence-corrected chi connectivity index (χ4v) is 2.23. The average molecular weight is 252 g/mol. The maximum Gasteiger partial charge on any atom is 0.251 e. The Balaban J connectivity index is 1.88. The lowest BCUT2D eigenvalue weighted by atomic mass is 10.3. The van der Waals surface area contributed by atoms with Crippen LogP contribution in [0.3, 0.4) is 0 Å². The minimum Gasteiger partial charge on any atom is -0.306 e. The Labute approximate surface area is 109 Å². The fourth-order valence-electron chi connectivity index (χ4n) is 2.23. The van der Waals surface area contributed by atoms with Crippen molar-refractivity contribution in [2.45, 2.75) is 18.8 Å². The standard InChI is InChI=1S/C14H12N4O/c19-13-7-10(9-4-5-9)16-14(17-13)11-8-18-6-2-1-3-12(18)15-11/h1-3,6-9H,4-5H2,(H,16,17,19). The molecule has 1 aliphatic carbocycles. The molecule has 0 saturated heterocycles. The van der Waals surface area contributed by atoms with Crippen molar-refractivity contribution in [1.29, 1.82) is 0 Å². The van der Waals surface area contributed by atoms with Crippen molar-refractivity contribution in [2.24, 2.45) is 0 Å². The van der Waals surface area contributed by atoms with Crippen molar-refractivity contribution in [3.8, 4) is 11.5 Å². The summed E-state index contributed by atoms with van der Waals surface area (Å²) in [5.41, 5.74) is 2.32. The van der Waals surface area contributed by atoms with Gasteiger partial charge < -0.3 is 9.38 Å². The van der Waals surface area contributed by atoms with Crippen molar-refractivity contribution in [3.63, 3.8) is 0 Å². The van der Waals surface area contributed by atoms with Gasteiger partial charge in [0.05, 0.1) is 5.69 Å². The van der Waals surface area contributed by atoms with Gasteiger partial charge in [-0.25, -0.2) is 9.97 Å². The molecule has 19 heavy (non-hydrogen) atoms. The summed E-state index contributed by atoms with van der Waals surface area (Å²) in [6.07, 6.45) is 6.06. The lowest BCUT2D eigenvalue weighted by molar-refractivity contribution is 0.972. The Hall–Kier alpha value is -2.43. The zero-order valence-electron chi connectivity index (χ0n) is 10.2. The molecule has 4 rings (SSSR count). The molecule has 94 valence electrons. The van der Waals surface area contributed by atoms with Crippen molar-refractivity contribution in [1.82, 2.24) is 19.4 Å². The van der Waals surface area contributed by atoms with Gasteiger partial charge in [0.15, 0.2) is 5.82 Å². The first kappa shape index (κ1) is 10.5. The molecule has 0 bridgehead atoms. The fraction of sp³-hybridized carbons (Fsp3) is 0.214. The Morgan fingerprint density at radius 2 is 2.16 bits per heavy atom. The third-order valence-electron chi connectivity index (χ3n) is 3.36. The Kier molecular flexibility index (Phi) is 2.09. The van der Waals surface area contributed by atoms with E-state index in [0.717, 1.165) is 24.2 Å². The highest BCUT2D eigenvalue weighted by Crippen LogP contribution is 2.38. The highest BCUT2D eigenvalue weighted by molar-refractivity contribution is 5.55. The summed E-state index contributed by atoms with van der Waals surface area (Å²) in [4.78, 5) is 23.5. The molecule has 1 fully saturated rings. The second-order valence-electron chi connectivity index (χ2n) is 4.89. The van der Waals surface area contributed by atoms with Gasteiger partial charge in [0.25, 0.3) is 5.56 Å². The van der Waals surface area contributed by atoms with Crippen molar-refractivity contribution < 1.29 is 0 Å². The van der Waals surface area contributed by atoms with Crippen LogP contribution in [0.15, 0.2) is 41.5 Å². The molecular weight excluding hydrogens is 240 g/mol. The highest BCUT2D eigenvalue weighted by atomic mass is 16.1. The number of fused-ring (bicyclic) bond motifs is 1. The summed E-state index contributed by atoms with van der Waals surface area (Å²) in [7, 11) is 0. The summed E-state index contributed by atoms with van der Waals surface area (Å²) in [5, 5.41) is 0. The normalized spacial score (nSPS) is 14.9. The van der Waals surface area contributed by atoms with E-state index in [1.54, 1.807) is 6.07 Å². The number of hydrogen-bond donors (Lipinski definition) is 1. The van der Waals surface area contributed by atoms with Crippen LogP contribution in [0.25, 0.3) is 17.2 Å². The van der Waals surface area contributed by atoms with Gasteiger partial charge in [-0.15, -0.1) is 0 Å². The topological polar surface area (TPSA) is 63.1 Å². The quantitative estimate of drug-likeness (QED) is 0.758. The second kappa shape index (κ2) is 3.78. The molecule has 5 nitrogen and oxygen atoms in total. The molecule has 0 atom stereocenters. The van der Waals surface area contributed by atoms with E-state index in [-0.39, 0.29) is 5.56 Å². The molecule has 3 aromatic rings. The van der Waals surface area contributed by atoms with Crippen molar-refractivity contribution in [3.05, 3.63) is 52.7 Å². The molecule has 1 saturated carbocycles. The maximum atomic E-state index is 11.7. The van der Waals surface area contributed by atoms with Crippen LogP contribution in [0, 0.1) is 0 Å². The summed E-state index contributed by atoms with van der Waals surface area (Å²) in [6.45, 7) is 0. The van der Waals surface area contributed by atoms with E-state index in [2.05, 4.69) is 15.0 Å². The van der Waals surface area contributed by atoms with Gasteiger partial charge in [0, 0.05) is 24.4 Å². The van der Waals surface area contributed by atoms with E-state index in [1.165, 1.54) is 0 Å². The molecule has 1 aliphatic rings. The van der Waals surface area contributed by atoms with Crippen LogP contribution < -0.4 is 5.56 Å². The minimum atomic E-state index is -0.107. The minimum absolute atomic E-state index is 0.107. The van der Waals surface area contributed by atoms with Crippen molar-refractivity contribution in [2.75, 3.05) is 0 Å². The number of hydrogen-bond acceptors (Lipinski definition) is 3. The predicted octanol–water partition coefficient (Wildman–Crippen LogP) is 1.96. The highest BCUT2D eigenvalue weighted by Gasteiger charge is 2.26. The van der Waals surface area contributed by atoms with E-state index in [9.17, 15) is 4.79 Å². The zero-order chi connectivity index (χ0) is 12.8. The smallest absolute Gasteiger partial charge is 0.251 e. The summed E-state index contributed by atoms with van der Waals surface area (Å²) < 4.78 is 1.92. The molecule has 3 heterocycles. The zero-order valence-corrected chi connectivity index (χ0v) is 10.2. The number of aromatic amines is 1. The Bertz CT molecular complexity index is 780. The van der Waals surface area contributed by atoms with Crippen LogP contribution in [-0.4, -0.2) is 19.4 Å². The first-order valence-corrected chi connectivity index (χ1v) is 6.35. The molecule has 0 unspecified atom stereocenters. The molecule has 5 heteroatoms. The lowest BCUT2D eigenvalue weighted by Gasteiger charge is -1.99. The van der Waals surface area contributed by atoms with E-state index < -0.39 is 0 Å². The number of imidazole rings is 1. The van der Waals surface area contributed by atoms with E-state index in [1.807, 2.05) is 35.0 Å². The number of aromatic nitrogens is 4. The summed E-state index contributed by atoms with van der Waals surface area (Å²) >= 11 is 0. The molecule has 3 aromatic heterocycles. The lowest BCUT2D eigenvalue weighted by Crippen LogP contribution is -2.10. The Morgan fingerprint density at radius 1 is 1.26 bits per heavy atom. The summed E-state index contributed by atoms with van der Waals surface area (Å²) in [5.74, 6) is 1.01. The van der Waals surface area contributed by atoms with Crippen LogP contribution in [-0.2, 0) is 0 Å². The summed E-state index contributed by atoms with van der Waals surface area (Å²) in [6, 6.07) is 7.39. The van der Waals surface area contributed by atoms with Crippen LogP contribution >= 0.6 is 0 Å². The molecule has 0 aromatic carbocycles. The predicted molar refractivity (Wildman–Crippen MR) is 71.0 cm³/mol. The number of rotatable bonds is 2. The van der Waals surface area contributed by atoms with Gasteiger partial charge >= 0.3 is 0 Å². The van der Waals surface area contributed by atoms with Gasteiger partial charge in [0.2, 0.25) is 0 Å². The van der Waals surface area contributed by atoms with Gasteiger partial charge in [-0.05, 0) is 25.0 Å². The van der Waals surface area contributed by atoms with Crippen LogP contribution in [0.1, 0.15) is 24.5 Å². The van der Waals surface area contributed by atoms with Crippen LogP contribution in [0.5, 0.6) is 0 Å². The molecule has 0 amide bonds. The molecule has 0 aliphatic heterocycles. The number of nitrogens with zero attached hydrogens (tertiary/aromatic N) is 3. The van der Waals surface area contributed by atoms with Crippen LogP contribution in [0.2, 0.25) is 0 Å². The number of nitrogens with one attached hydrogen (secondary N) is 1. The SMILES string of the molecule is O=c1cc(C2CC2)nc(-c2cn3ccccc3n2)[nH]1. The third-order valence-corrected chi connectivity index (χ3v) is 3.36. The number of pyridine rings is 1. The van der Waals surface area contributed by atoms with Gasteiger partial charge in [0.1, 0.15) is 11.3 Å². The molecule has 1 N–H and O–H groups in total. The van der Waals surface area contributed by atoms with Gasteiger partial charge in [-0.2, -0.15) is 0 Å². The van der Waals surface area contributed by atoms with Crippen LogP contribution in [0.4, 0.5) is 0 Å². The third kappa shape index (κ3) is 1.83. The first-order valence-electron chi connectivity index (χ1n) is 6.35. The maximum absolute atomic E-state index is 11.7. The first-order chi connectivity index (χ1) is 9.29. The van der Waals surface area contributed by atoms with E-state index in [0.29, 0.717) is 17.4 Å². The van der Waals surface area contributed by atoms with E-state index in [4.69, 9.17) is 0 Å². The molecular formula is C14H12N4O. The van der Waals surface area contributed by atoms with E-state index >= 15 is 0 Å². The second-order valence-corrected chi connectivity index (χ2v) is 4.89. The molecule has 0 radical (unpaired) electrons. The monoisotopic (exact) mass is 252 g/mol. The van der Waals surface area contributed by atoms with Crippen molar-refractivity contribution >= 4 is 5.65 Å². The number of H-pyrrole nitrogens is 1. The Morgan fingerprint density at radius 3 is 2.95 bits per heavy atom.